The molecule has 0 unspecified atom stereocenters. The fourth-order valence-corrected chi connectivity index (χ4v) is 10.1. The summed E-state index contributed by atoms with van der Waals surface area (Å²) in [5.74, 6) is 1.69. The van der Waals surface area contributed by atoms with Crippen LogP contribution in [0.4, 0.5) is 0 Å². The van der Waals surface area contributed by atoms with Gasteiger partial charge in [-0.3, -0.25) is 4.57 Å². The summed E-state index contributed by atoms with van der Waals surface area (Å²) in [6.07, 6.45) is 0. The second kappa shape index (κ2) is 12.9. The minimum absolute atomic E-state index is 0.544. The summed E-state index contributed by atoms with van der Waals surface area (Å²) >= 11 is 0. The van der Waals surface area contributed by atoms with Gasteiger partial charge < -0.3 is 8.98 Å². The van der Waals surface area contributed by atoms with E-state index in [1.54, 1.807) is 0 Å². The Hall–Kier alpha value is -8.61. The molecule has 14 aromatic rings. The molecule has 0 aliphatic rings. The SMILES string of the molecule is c1ccc2cc3c(cc2c1)c1ccccc1n3-c1cc2oc3ccc4ccccc4c3c2cc1-c1nc(-c2cccc3ccccc23)nc(-n2c3ccccc3c3ccccc32)n1. The van der Waals surface area contributed by atoms with E-state index in [1.807, 2.05) is 0 Å². The van der Waals surface area contributed by atoms with Crippen LogP contribution in [0.25, 0.3) is 132 Å². The monoisotopic (exact) mass is 803 g/mol. The van der Waals surface area contributed by atoms with Crippen molar-refractivity contribution in [2.45, 2.75) is 0 Å². The molecule has 4 aromatic heterocycles. The standard InChI is InChI=1S/C57H33N5O/c1-2-17-37-31-50-44(30-36(37)16-1)42-23-9-10-25-47(42)61(50)51-33-53-46(54-39-20-6-4-15-35(39)28-29-52(54)63-53)32-45(51)56-58-55(43-24-13-18-34-14-3-5-19-38(34)43)59-57(60-56)62-48-26-11-7-21-40(48)41-22-8-12-27-49(41)62/h1-33H. The average molecular weight is 804 g/mol. The molecule has 14 rings (SSSR count). The van der Waals surface area contributed by atoms with Crippen LogP contribution in [-0.4, -0.2) is 24.1 Å². The first kappa shape index (κ1) is 34.1. The van der Waals surface area contributed by atoms with Crippen LogP contribution < -0.4 is 0 Å². The minimum Gasteiger partial charge on any atom is -0.456 e. The van der Waals surface area contributed by atoms with E-state index in [2.05, 4.69) is 209 Å². The van der Waals surface area contributed by atoms with Gasteiger partial charge in [0, 0.05) is 49.5 Å². The van der Waals surface area contributed by atoms with Gasteiger partial charge in [0.25, 0.3) is 0 Å². The van der Waals surface area contributed by atoms with Gasteiger partial charge in [-0.15, -0.1) is 0 Å². The number of para-hydroxylation sites is 3. The molecule has 0 aliphatic carbocycles. The lowest BCUT2D eigenvalue weighted by Gasteiger charge is -2.16. The van der Waals surface area contributed by atoms with Crippen molar-refractivity contribution in [3.63, 3.8) is 0 Å². The molecule has 0 aliphatic heterocycles. The number of furan rings is 1. The van der Waals surface area contributed by atoms with E-state index in [9.17, 15) is 0 Å². The van der Waals surface area contributed by atoms with E-state index in [0.717, 1.165) is 98.5 Å². The number of aromatic nitrogens is 5. The summed E-state index contributed by atoms with van der Waals surface area (Å²) in [5, 5.41) is 13.5. The van der Waals surface area contributed by atoms with Crippen LogP contribution in [-0.2, 0) is 0 Å². The molecule has 63 heavy (non-hydrogen) atoms. The predicted octanol–water partition coefficient (Wildman–Crippen LogP) is 14.8. The molecule has 6 nitrogen and oxygen atoms in total. The molecule has 6 heteroatoms. The Balaban J connectivity index is 1.16. The zero-order chi connectivity index (χ0) is 41.2. The summed E-state index contributed by atoms with van der Waals surface area (Å²) < 4.78 is 11.4. The normalized spacial score (nSPS) is 12.1. The van der Waals surface area contributed by atoms with Crippen LogP contribution >= 0.6 is 0 Å². The van der Waals surface area contributed by atoms with Crippen LogP contribution in [0.5, 0.6) is 0 Å². The summed E-state index contributed by atoms with van der Waals surface area (Å²) in [7, 11) is 0. The fraction of sp³-hybridized carbons (Fsp3) is 0. The Bertz CT molecular complexity index is 4170. The van der Waals surface area contributed by atoms with Gasteiger partial charge in [-0.25, -0.2) is 4.98 Å². The number of hydrogen-bond acceptors (Lipinski definition) is 4. The van der Waals surface area contributed by atoms with Crippen molar-refractivity contribution in [3.8, 4) is 34.4 Å². The van der Waals surface area contributed by atoms with Crippen LogP contribution in [0.2, 0.25) is 0 Å². The van der Waals surface area contributed by atoms with Crippen molar-refractivity contribution < 1.29 is 4.42 Å². The first-order valence-corrected chi connectivity index (χ1v) is 21.3. The maximum atomic E-state index is 6.83. The lowest BCUT2D eigenvalue weighted by molar-refractivity contribution is 0.669. The van der Waals surface area contributed by atoms with Gasteiger partial charge in [-0.1, -0.05) is 152 Å². The first-order chi connectivity index (χ1) is 31.2. The second-order valence-electron chi connectivity index (χ2n) is 16.4. The Morgan fingerprint density at radius 2 is 0.857 bits per heavy atom. The fourth-order valence-electron chi connectivity index (χ4n) is 10.1. The third kappa shape index (κ3) is 4.97. The molecule has 0 fully saturated rings. The smallest absolute Gasteiger partial charge is 0.238 e. The highest BCUT2D eigenvalue weighted by atomic mass is 16.3. The third-order valence-corrected chi connectivity index (χ3v) is 12.9. The molecular weight excluding hydrogens is 771 g/mol. The Morgan fingerprint density at radius 1 is 0.317 bits per heavy atom. The Kier molecular flexibility index (Phi) is 7.02. The van der Waals surface area contributed by atoms with E-state index in [4.69, 9.17) is 19.4 Å². The van der Waals surface area contributed by atoms with Gasteiger partial charge in [0.15, 0.2) is 11.6 Å². The van der Waals surface area contributed by atoms with Crippen LogP contribution in [0.1, 0.15) is 0 Å². The lowest BCUT2D eigenvalue weighted by atomic mass is 10.0. The van der Waals surface area contributed by atoms with E-state index in [0.29, 0.717) is 17.6 Å². The molecule has 0 amide bonds. The summed E-state index contributed by atoms with van der Waals surface area (Å²) in [4.78, 5) is 16.5. The summed E-state index contributed by atoms with van der Waals surface area (Å²) in [6.45, 7) is 0. The van der Waals surface area contributed by atoms with Gasteiger partial charge in [-0.05, 0) is 74.8 Å². The molecule has 10 aromatic carbocycles. The molecule has 0 atom stereocenters. The molecule has 0 saturated heterocycles. The lowest BCUT2D eigenvalue weighted by Crippen LogP contribution is -2.08. The largest absolute Gasteiger partial charge is 0.456 e. The van der Waals surface area contributed by atoms with Crippen molar-refractivity contribution in [1.82, 2.24) is 24.1 Å². The molecule has 0 bridgehead atoms. The van der Waals surface area contributed by atoms with Crippen molar-refractivity contribution in [1.29, 1.82) is 0 Å². The highest BCUT2D eigenvalue weighted by Crippen LogP contribution is 2.43. The third-order valence-electron chi connectivity index (χ3n) is 12.9. The van der Waals surface area contributed by atoms with Gasteiger partial charge >= 0.3 is 0 Å². The Morgan fingerprint density at radius 3 is 1.57 bits per heavy atom. The highest BCUT2D eigenvalue weighted by Gasteiger charge is 2.24. The first-order valence-electron chi connectivity index (χ1n) is 21.3. The quantitative estimate of drug-likeness (QED) is 0.178. The number of benzene rings is 10. The molecule has 4 heterocycles. The molecule has 0 spiro atoms. The van der Waals surface area contributed by atoms with E-state index in [1.165, 1.54) is 16.2 Å². The molecule has 0 N–H and O–H groups in total. The minimum atomic E-state index is 0.544. The topological polar surface area (TPSA) is 61.7 Å². The van der Waals surface area contributed by atoms with E-state index < -0.39 is 0 Å². The number of fused-ring (bicyclic) bond motifs is 13. The maximum absolute atomic E-state index is 6.83. The van der Waals surface area contributed by atoms with Crippen LogP contribution in [0.15, 0.2) is 205 Å². The number of hydrogen-bond donors (Lipinski definition) is 0. The number of nitrogens with zero attached hydrogens (tertiary/aromatic N) is 5. The summed E-state index contributed by atoms with van der Waals surface area (Å²) in [5.41, 5.74) is 8.55. The van der Waals surface area contributed by atoms with E-state index >= 15 is 0 Å². The van der Waals surface area contributed by atoms with Crippen molar-refractivity contribution in [2.24, 2.45) is 0 Å². The van der Waals surface area contributed by atoms with Gasteiger partial charge in [0.1, 0.15) is 11.2 Å². The zero-order valence-electron chi connectivity index (χ0n) is 33.7. The maximum Gasteiger partial charge on any atom is 0.238 e. The van der Waals surface area contributed by atoms with Crippen LogP contribution in [0.3, 0.4) is 0 Å². The van der Waals surface area contributed by atoms with Crippen LogP contribution in [0, 0.1) is 0 Å². The Labute approximate surface area is 359 Å². The number of rotatable bonds is 4. The van der Waals surface area contributed by atoms with Crippen molar-refractivity contribution in [3.05, 3.63) is 200 Å². The van der Waals surface area contributed by atoms with Gasteiger partial charge in [-0.2, -0.15) is 9.97 Å². The van der Waals surface area contributed by atoms with Gasteiger partial charge in [0.2, 0.25) is 5.95 Å². The molecule has 0 saturated carbocycles. The average Bonchev–Trinajstić information content (AvgIpc) is 4.00. The molecular formula is C57H33N5O. The highest BCUT2D eigenvalue weighted by molar-refractivity contribution is 6.20. The van der Waals surface area contributed by atoms with Gasteiger partial charge in [0.05, 0.1) is 27.8 Å². The van der Waals surface area contributed by atoms with E-state index in [-0.39, 0.29) is 0 Å². The zero-order valence-corrected chi connectivity index (χ0v) is 33.7. The van der Waals surface area contributed by atoms with Crippen molar-refractivity contribution in [2.75, 3.05) is 0 Å². The second-order valence-corrected chi connectivity index (χ2v) is 16.4. The molecule has 292 valence electrons. The predicted molar refractivity (Wildman–Crippen MR) is 259 cm³/mol. The molecule has 0 radical (unpaired) electrons. The van der Waals surface area contributed by atoms with Crippen molar-refractivity contribution >= 4 is 97.9 Å². The summed E-state index contributed by atoms with van der Waals surface area (Å²) in [6, 6.07) is 70.9.